The van der Waals surface area contributed by atoms with Crippen LogP contribution in [0, 0.1) is 0 Å². The minimum absolute atomic E-state index is 0.267. The van der Waals surface area contributed by atoms with Gasteiger partial charge in [0.05, 0.1) is 16.8 Å². The zero-order valence-corrected chi connectivity index (χ0v) is 26.5. The molecule has 8 aromatic carbocycles. The molecule has 1 aliphatic rings. The molecule has 232 valence electrons. The summed E-state index contributed by atoms with van der Waals surface area (Å²) in [5.41, 5.74) is 9.36. The van der Waals surface area contributed by atoms with Crippen LogP contribution in [0.5, 0.6) is 5.75 Å². The Bertz CT molecular complexity index is 2670. The van der Waals surface area contributed by atoms with Crippen molar-refractivity contribution in [3.63, 3.8) is 0 Å². The number of rotatable bonds is 5. The van der Waals surface area contributed by atoms with Gasteiger partial charge >= 0.3 is 0 Å². The first-order valence-corrected chi connectivity index (χ1v) is 16.6. The Labute approximate surface area is 283 Å². The molecule has 1 aromatic heterocycles. The Morgan fingerprint density at radius 2 is 1.14 bits per heavy atom. The summed E-state index contributed by atoms with van der Waals surface area (Å²) in [6.45, 7) is 0. The lowest BCUT2D eigenvalue weighted by molar-refractivity contribution is 0.263. The lowest BCUT2D eigenvalue weighted by atomic mass is 9.95. The van der Waals surface area contributed by atoms with Crippen LogP contribution in [-0.4, -0.2) is 0 Å². The smallest absolute Gasteiger partial charge is 0.196 e. The Morgan fingerprint density at radius 1 is 0.490 bits per heavy atom. The molecule has 1 N–H and O–H groups in total. The summed E-state index contributed by atoms with van der Waals surface area (Å²) in [5, 5.41) is 10.3. The highest BCUT2D eigenvalue weighted by molar-refractivity contribution is 6.30. The fourth-order valence-electron chi connectivity index (χ4n) is 7.45. The predicted molar refractivity (Wildman–Crippen MR) is 202 cm³/mol. The maximum atomic E-state index is 6.68. The number of benzene rings is 8. The molecule has 10 rings (SSSR count). The molecule has 1 aliphatic heterocycles. The third-order valence-electron chi connectivity index (χ3n) is 9.64. The van der Waals surface area contributed by atoms with Crippen LogP contribution in [0.1, 0.15) is 11.8 Å². The molecule has 4 nitrogen and oxygen atoms in total. The summed E-state index contributed by atoms with van der Waals surface area (Å²) >= 11 is 0. The van der Waals surface area contributed by atoms with Crippen molar-refractivity contribution in [2.75, 3.05) is 10.2 Å². The number of hydrogen-bond acceptors (Lipinski definition) is 4. The largest absolute Gasteiger partial charge is 0.464 e. The van der Waals surface area contributed by atoms with Crippen molar-refractivity contribution in [3.8, 4) is 16.9 Å². The van der Waals surface area contributed by atoms with Crippen molar-refractivity contribution in [2.45, 2.75) is 6.23 Å². The molecule has 4 heteroatoms. The summed E-state index contributed by atoms with van der Waals surface area (Å²) in [6, 6.07) is 59.7. The molecule has 9 aromatic rings. The van der Waals surface area contributed by atoms with Gasteiger partial charge in [-0.3, -0.25) is 0 Å². The SMILES string of the molecule is c1ccc(-c2cccc(N(c3ccccc3)c3cc4ccc5oc6ccc7c(c6c5c4c4ccccc34)OC(c3ccccc3)N7)c2)cc1. The standard InChI is InChI=1S/C45H30N2O2/c1-4-13-29(14-5-1)31-17-12-20-34(27-31)47(33-18-8-3-9-19-33)38-28-32-23-25-39-42(41(32)36-22-11-10-21-35(36)38)43-40(48-39)26-24-37-44(43)49-45(46-37)30-15-6-2-7-16-30/h1-28,45-46H. The van der Waals surface area contributed by atoms with E-state index in [9.17, 15) is 0 Å². The van der Waals surface area contributed by atoms with Crippen LogP contribution in [0.3, 0.4) is 0 Å². The van der Waals surface area contributed by atoms with Gasteiger partial charge in [-0.15, -0.1) is 0 Å². The van der Waals surface area contributed by atoms with Gasteiger partial charge in [0.15, 0.2) is 12.0 Å². The summed E-state index contributed by atoms with van der Waals surface area (Å²) in [7, 11) is 0. The number of nitrogens with zero attached hydrogens (tertiary/aromatic N) is 1. The third kappa shape index (κ3) is 4.45. The zero-order valence-electron chi connectivity index (χ0n) is 26.5. The number of furan rings is 1. The van der Waals surface area contributed by atoms with E-state index >= 15 is 0 Å². The normalized spacial score (nSPS) is 13.8. The number of fused-ring (bicyclic) bond motifs is 9. The topological polar surface area (TPSA) is 37.6 Å². The molecule has 0 saturated heterocycles. The van der Waals surface area contributed by atoms with E-state index in [0.29, 0.717) is 0 Å². The van der Waals surface area contributed by atoms with Crippen LogP contribution < -0.4 is 15.0 Å². The molecule has 2 heterocycles. The predicted octanol–water partition coefficient (Wildman–Crippen LogP) is 12.5. The first-order valence-electron chi connectivity index (χ1n) is 16.6. The monoisotopic (exact) mass is 630 g/mol. The minimum Gasteiger partial charge on any atom is -0.464 e. The first kappa shape index (κ1) is 27.6. The zero-order chi connectivity index (χ0) is 32.3. The van der Waals surface area contributed by atoms with Crippen molar-refractivity contribution in [3.05, 3.63) is 175 Å². The molecule has 0 spiro atoms. The van der Waals surface area contributed by atoms with E-state index in [1.54, 1.807) is 0 Å². The van der Waals surface area contributed by atoms with Gasteiger partial charge in [0.25, 0.3) is 0 Å². The van der Waals surface area contributed by atoms with Gasteiger partial charge < -0.3 is 19.4 Å². The fraction of sp³-hybridized carbons (Fsp3) is 0.0222. The van der Waals surface area contributed by atoms with Crippen molar-refractivity contribution in [2.24, 2.45) is 0 Å². The lowest BCUT2D eigenvalue weighted by Crippen LogP contribution is -2.10. The molecular weight excluding hydrogens is 601 g/mol. The van der Waals surface area contributed by atoms with Gasteiger partial charge in [-0.25, -0.2) is 0 Å². The molecular formula is C45H30N2O2. The van der Waals surface area contributed by atoms with Crippen molar-refractivity contribution in [1.29, 1.82) is 0 Å². The minimum atomic E-state index is -0.267. The Balaban J connectivity index is 1.23. The van der Waals surface area contributed by atoms with E-state index in [2.05, 4.69) is 162 Å². The van der Waals surface area contributed by atoms with Crippen LogP contribution in [0.15, 0.2) is 174 Å². The van der Waals surface area contributed by atoms with Crippen molar-refractivity contribution < 1.29 is 9.15 Å². The first-order chi connectivity index (χ1) is 24.3. The molecule has 1 atom stereocenters. The molecule has 0 amide bonds. The van der Waals surface area contributed by atoms with Gasteiger partial charge in [0, 0.05) is 33.1 Å². The second kappa shape index (κ2) is 11.0. The highest BCUT2D eigenvalue weighted by atomic mass is 16.5. The van der Waals surface area contributed by atoms with Crippen molar-refractivity contribution >= 4 is 66.2 Å². The highest BCUT2D eigenvalue weighted by Gasteiger charge is 2.29. The van der Waals surface area contributed by atoms with Crippen LogP contribution in [0.25, 0.3) is 54.6 Å². The molecule has 0 aliphatic carbocycles. The van der Waals surface area contributed by atoms with Crippen LogP contribution in [-0.2, 0) is 0 Å². The fourth-order valence-corrected chi connectivity index (χ4v) is 7.45. The van der Waals surface area contributed by atoms with Crippen LogP contribution >= 0.6 is 0 Å². The van der Waals surface area contributed by atoms with Gasteiger partial charge in [-0.2, -0.15) is 0 Å². The average molecular weight is 631 g/mol. The van der Waals surface area contributed by atoms with E-state index < -0.39 is 0 Å². The number of hydrogen-bond donors (Lipinski definition) is 1. The van der Waals surface area contributed by atoms with E-state index in [4.69, 9.17) is 9.15 Å². The molecule has 0 bridgehead atoms. The summed E-state index contributed by atoms with van der Waals surface area (Å²) in [5.74, 6) is 0.828. The maximum Gasteiger partial charge on any atom is 0.196 e. The third-order valence-corrected chi connectivity index (χ3v) is 9.64. The summed E-state index contributed by atoms with van der Waals surface area (Å²) < 4.78 is 13.2. The van der Waals surface area contributed by atoms with Gasteiger partial charge in [0.1, 0.15) is 11.2 Å². The Hall–Kier alpha value is -6.52. The highest BCUT2D eigenvalue weighted by Crippen LogP contribution is 2.50. The maximum absolute atomic E-state index is 6.68. The number of anilines is 4. The second-order valence-electron chi connectivity index (χ2n) is 12.5. The number of nitrogens with one attached hydrogen (secondary N) is 1. The Kier molecular flexibility index (Phi) is 6.21. The quantitative estimate of drug-likeness (QED) is 0.192. The average Bonchev–Trinajstić information content (AvgIpc) is 3.78. The molecule has 49 heavy (non-hydrogen) atoms. The number of para-hydroxylation sites is 1. The summed E-state index contributed by atoms with van der Waals surface area (Å²) in [4.78, 5) is 2.38. The van der Waals surface area contributed by atoms with Gasteiger partial charge in [-0.05, 0) is 70.4 Å². The van der Waals surface area contributed by atoms with E-state index in [-0.39, 0.29) is 6.23 Å². The lowest BCUT2D eigenvalue weighted by Gasteiger charge is -2.28. The number of ether oxygens (including phenoxy) is 1. The van der Waals surface area contributed by atoms with Gasteiger partial charge in [0.2, 0.25) is 0 Å². The second-order valence-corrected chi connectivity index (χ2v) is 12.5. The molecule has 0 radical (unpaired) electrons. The molecule has 0 saturated carbocycles. The van der Waals surface area contributed by atoms with Gasteiger partial charge in [-0.1, -0.05) is 121 Å². The van der Waals surface area contributed by atoms with E-state index in [1.165, 1.54) is 11.1 Å². The van der Waals surface area contributed by atoms with Crippen LogP contribution in [0.4, 0.5) is 22.7 Å². The van der Waals surface area contributed by atoms with Crippen LogP contribution in [0.2, 0.25) is 0 Å². The Morgan fingerprint density at radius 3 is 1.96 bits per heavy atom. The molecule has 0 fully saturated rings. The van der Waals surface area contributed by atoms with E-state index in [1.807, 2.05) is 18.2 Å². The van der Waals surface area contributed by atoms with E-state index in [0.717, 1.165) is 77.5 Å². The molecule has 1 unspecified atom stereocenters. The van der Waals surface area contributed by atoms with Crippen molar-refractivity contribution in [1.82, 2.24) is 0 Å². The summed E-state index contributed by atoms with van der Waals surface area (Å²) in [6.07, 6.45) is -0.267.